The number of ether oxygens (including phenoxy) is 1. The molecule has 2 N–H and O–H groups in total. The molecule has 0 saturated heterocycles. The van der Waals surface area contributed by atoms with Gasteiger partial charge in [-0.2, -0.15) is 0 Å². The van der Waals surface area contributed by atoms with Crippen LogP contribution in [0.15, 0.2) is 34.8 Å². The highest BCUT2D eigenvalue weighted by Gasteiger charge is 2.41. The molecule has 6 nitrogen and oxygen atoms in total. The minimum atomic E-state index is -1.59. The van der Waals surface area contributed by atoms with Gasteiger partial charge in [-0.15, -0.1) is 11.3 Å². The van der Waals surface area contributed by atoms with Gasteiger partial charge >= 0.3 is 5.97 Å². The highest BCUT2D eigenvalue weighted by Crippen LogP contribution is 2.28. The van der Waals surface area contributed by atoms with E-state index in [4.69, 9.17) is 4.74 Å². The van der Waals surface area contributed by atoms with Crippen molar-refractivity contribution in [3.05, 3.63) is 45.5 Å². The third kappa shape index (κ3) is 7.70. The predicted octanol–water partition coefficient (Wildman–Crippen LogP) is 4.73. The normalized spacial score (nSPS) is 34.7. The average molecular weight is 510 g/mol. The Bertz CT molecular complexity index is 962. The molecule has 0 spiro atoms. The smallest absolute Gasteiger partial charge is 0.309 e. The van der Waals surface area contributed by atoms with Gasteiger partial charge in [-0.25, -0.2) is 4.98 Å². The molecule has 6 atom stereocenters. The van der Waals surface area contributed by atoms with Crippen LogP contribution in [0.2, 0.25) is 0 Å². The highest BCUT2D eigenvalue weighted by molar-refractivity contribution is 7.87. The molecule has 1 aliphatic rings. The van der Waals surface area contributed by atoms with Gasteiger partial charge in [0, 0.05) is 28.5 Å². The SMILES string of the molecule is C/C1=C/C[C@@H](/C(C)=C/c2csc(C)n2)OC(=O)C[C@H](O)C(C)(C)S(=O)[C@H](C)[C@@H](O)[C@@H](C)/C=C\C1. The van der Waals surface area contributed by atoms with E-state index < -0.39 is 45.1 Å². The maximum atomic E-state index is 13.3. The van der Waals surface area contributed by atoms with Gasteiger partial charge in [0.05, 0.1) is 39.3 Å². The summed E-state index contributed by atoms with van der Waals surface area (Å²) in [5.74, 6) is -0.749. The van der Waals surface area contributed by atoms with Gasteiger partial charge in [-0.3, -0.25) is 9.00 Å². The monoisotopic (exact) mass is 509 g/mol. The Balaban J connectivity index is 2.37. The van der Waals surface area contributed by atoms with Gasteiger partial charge < -0.3 is 14.9 Å². The van der Waals surface area contributed by atoms with Crippen molar-refractivity contribution < 1.29 is 24.0 Å². The number of cyclic esters (lactones) is 1. The van der Waals surface area contributed by atoms with Crippen LogP contribution in [0.4, 0.5) is 0 Å². The Kier molecular flexibility index (Phi) is 10.4. The van der Waals surface area contributed by atoms with Crippen molar-refractivity contribution in [2.24, 2.45) is 5.92 Å². The van der Waals surface area contributed by atoms with Crippen LogP contribution >= 0.6 is 11.3 Å². The summed E-state index contributed by atoms with van der Waals surface area (Å²) < 4.78 is 18.0. The molecule has 0 aromatic carbocycles. The summed E-state index contributed by atoms with van der Waals surface area (Å²) in [6.07, 6.45) is 6.32. The molecule has 1 aromatic heterocycles. The summed E-state index contributed by atoms with van der Waals surface area (Å²) in [5, 5.41) is 23.9. The number of aromatic nitrogens is 1. The second-order valence-corrected chi connectivity index (χ2v) is 13.2. The first-order valence-corrected chi connectivity index (χ1v) is 13.8. The fourth-order valence-corrected chi connectivity index (χ4v) is 6.23. The summed E-state index contributed by atoms with van der Waals surface area (Å²) in [5.41, 5.74) is 2.80. The lowest BCUT2D eigenvalue weighted by Crippen LogP contribution is -2.48. The minimum absolute atomic E-state index is 0.197. The molecular formula is C26H39NO5S2. The van der Waals surface area contributed by atoms with E-state index in [0.717, 1.165) is 21.8 Å². The highest BCUT2D eigenvalue weighted by atomic mass is 32.2. The van der Waals surface area contributed by atoms with Crippen LogP contribution in [0.25, 0.3) is 6.08 Å². The van der Waals surface area contributed by atoms with E-state index >= 15 is 0 Å². The molecule has 0 amide bonds. The largest absolute Gasteiger partial charge is 0.457 e. The van der Waals surface area contributed by atoms with Crippen LogP contribution in [0.1, 0.15) is 71.5 Å². The summed E-state index contributed by atoms with van der Waals surface area (Å²) in [7, 11) is -1.59. The van der Waals surface area contributed by atoms with E-state index in [1.165, 1.54) is 0 Å². The Labute approximate surface area is 210 Å². The number of nitrogens with zero attached hydrogens (tertiary/aromatic N) is 1. The number of carbonyl (C=O) groups is 1. The van der Waals surface area contributed by atoms with Crippen LogP contribution in [-0.2, 0) is 20.3 Å². The second kappa shape index (κ2) is 12.4. The number of aliphatic hydroxyl groups is 2. The lowest BCUT2D eigenvalue weighted by molar-refractivity contribution is -0.149. The van der Waals surface area contributed by atoms with Crippen molar-refractivity contribution >= 4 is 34.2 Å². The zero-order valence-corrected chi connectivity index (χ0v) is 22.9. The molecule has 8 heteroatoms. The van der Waals surface area contributed by atoms with Crippen LogP contribution in [0.3, 0.4) is 0 Å². The van der Waals surface area contributed by atoms with Crippen molar-refractivity contribution in [3.63, 3.8) is 0 Å². The molecule has 0 bridgehead atoms. The molecule has 0 saturated carbocycles. The molecule has 1 unspecified atom stereocenters. The molecule has 1 aromatic rings. The summed E-state index contributed by atoms with van der Waals surface area (Å²) >= 11 is 1.56. The fraction of sp³-hybridized carbons (Fsp3) is 0.615. The van der Waals surface area contributed by atoms with Crippen molar-refractivity contribution in [1.29, 1.82) is 0 Å². The number of aryl methyl sites for hydroxylation is 1. The maximum absolute atomic E-state index is 13.3. The Hall–Kier alpha value is -1.61. The van der Waals surface area contributed by atoms with Crippen molar-refractivity contribution in [1.82, 2.24) is 4.98 Å². The predicted molar refractivity (Wildman–Crippen MR) is 140 cm³/mol. The van der Waals surface area contributed by atoms with E-state index in [9.17, 15) is 19.2 Å². The molecule has 1 aliphatic heterocycles. The van der Waals surface area contributed by atoms with Crippen LogP contribution in [0, 0.1) is 12.8 Å². The number of esters is 1. The maximum Gasteiger partial charge on any atom is 0.309 e. The van der Waals surface area contributed by atoms with Gasteiger partial charge in [0.25, 0.3) is 0 Å². The molecule has 2 heterocycles. The standard InChI is InChI=1S/C26H39NO5S2/c1-16-9-8-10-17(2)25(30)19(4)34(31)26(6,7)23(28)14-24(29)32-22(12-11-16)18(3)13-21-15-33-20(5)27-21/h8,10-11,13,15,17,19,22-23,25,28,30H,9,12,14H2,1-7H3/b10-8-,16-11-,18-13+/t17-,19+,22-,23-,25-,34?/m0/s1. The van der Waals surface area contributed by atoms with Gasteiger partial charge in [0.2, 0.25) is 0 Å². The first-order valence-electron chi connectivity index (χ1n) is 11.7. The number of allylic oxidation sites excluding steroid dienone is 2. The first-order chi connectivity index (χ1) is 15.8. The Morgan fingerprint density at radius 1 is 1.29 bits per heavy atom. The number of thiazole rings is 1. The van der Waals surface area contributed by atoms with Crippen LogP contribution < -0.4 is 0 Å². The average Bonchev–Trinajstić information content (AvgIpc) is 3.18. The second-order valence-electron chi connectivity index (χ2n) is 9.75. The number of carbonyl (C=O) groups excluding carboxylic acids is 1. The topological polar surface area (TPSA) is 96.7 Å². The van der Waals surface area contributed by atoms with E-state index in [1.54, 1.807) is 32.1 Å². The summed E-state index contributed by atoms with van der Waals surface area (Å²) in [6.45, 7) is 12.8. The molecule has 2 rings (SSSR count). The third-order valence-corrected chi connectivity index (χ3v) is 9.45. The van der Waals surface area contributed by atoms with Gasteiger partial charge in [-0.05, 0) is 59.6 Å². The van der Waals surface area contributed by atoms with Crippen molar-refractivity contribution in [2.75, 3.05) is 0 Å². The zero-order chi connectivity index (χ0) is 25.6. The quantitative estimate of drug-likeness (QED) is 0.442. The lowest BCUT2D eigenvalue weighted by Gasteiger charge is -2.34. The van der Waals surface area contributed by atoms with Crippen LogP contribution in [0.5, 0.6) is 0 Å². The molecular weight excluding hydrogens is 470 g/mol. The lowest BCUT2D eigenvalue weighted by atomic mass is 10.00. The van der Waals surface area contributed by atoms with E-state index in [-0.39, 0.29) is 12.3 Å². The molecule has 0 fully saturated rings. The molecule has 34 heavy (non-hydrogen) atoms. The number of hydrogen-bond acceptors (Lipinski definition) is 7. The molecule has 0 aliphatic carbocycles. The zero-order valence-electron chi connectivity index (χ0n) is 21.3. The summed E-state index contributed by atoms with van der Waals surface area (Å²) in [4.78, 5) is 17.3. The summed E-state index contributed by atoms with van der Waals surface area (Å²) in [6, 6.07) is 0. The first kappa shape index (κ1) is 28.6. The van der Waals surface area contributed by atoms with Crippen LogP contribution in [-0.4, -0.2) is 53.7 Å². The fourth-order valence-electron chi connectivity index (χ4n) is 3.85. The van der Waals surface area contributed by atoms with E-state index in [2.05, 4.69) is 11.1 Å². The molecule has 190 valence electrons. The molecule has 0 radical (unpaired) electrons. The Morgan fingerprint density at radius 2 is 1.97 bits per heavy atom. The van der Waals surface area contributed by atoms with E-state index in [1.807, 2.05) is 51.3 Å². The number of rotatable bonds is 2. The third-order valence-electron chi connectivity index (χ3n) is 6.39. The number of aliphatic hydroxyl groups excluding tert-OH is 2. The van der Waals surface area contributed by atoms with Gasteiger partial charge in [0.1, 0.15) is 6.10 Å². The number of hydrogen-bond donors (Lipinski definition) is 2. The van der Waals surface area contributed by atoms with Gasteiger partial charge in [-0.1, -0.05) is 30.7 Å². The minimum Gasteiger partial charge on any atom is -0.457 e. The Morgan fingerprint density at radius 3 is 2.59 bits per heavy atom. The van der Waals surface area contributed by atoms with Gasteiger partial charge in [0.15, 0.2) is 0 Å². The van der Waals surface area contributed by atoms with Crippen molar-refractivity contribution in [3.8, 4) is 0 Å². The van der Waals surface area contributed by atoms with E-state index in [0.29, 0.717) is 12.8 Å². The van der Waals surface area contributed by atoms with Crippen molar-refractivity contribution in [2.45, 2.75) is 96.0 Å².